The first-order valence-corrected chi connectivity index (χ1v) is 17.8. The van der Waals surface area contributed by atoms with Gasteiger partial charge in [-0.2, -0.15) is 10.1 Å². The monoisotopic (exact) mass is 742 g/mol. The Morgan fingerprint density at radius 1 is 1.08 bits per heavy atom. The molecule has 0 bridgehead atoms. The number of nitrogens with one attached hydrogen (secondary N) is 3. The second kappa shape index (κ2) is 14.7. The third-order valence-electron chi connectivity index (χ3n) is 9.44. The summed E-state index contributed by atoms with van der Waals surface area (Å²) in [7, 11) is 3.33. The minimum atomic E-state index is -0.469. The number of anilines is 3. The molecule has 1 aromatic carbocycles. The SMILES string of the molecule is CNC(=O)COc1cc2cc(Nc3nc(N4CCC(Oc5ccc6c(C7CCC(=O)NC7=O)nn(C)c6c5)CC4)ncc3Cl)cnc2n(C(C)C)c1=O. The van der Waals surface area contributed by atoms with Crippen molar-refractivity contribution >= 4 is 68.7 Å². The summed E-state index contributed by atoms with van der Waals surface area (Å²) >= 11 is 6.54. The Morgan fingerprint density at radius 3 is 2.60 bits per heavy atom. The number of nitrogens with zero attached hydrogens (tertiary/aromatic N) is 7. The number of amides is 3. The Bertz CT molecular complexity index is 2300. The van der Waals surface area contributed by atoms with Gasteiger partial charge in [0.1, 0.15) is 22.5 Å². The van der Waals surface area contributed by atoms with Gasteiger partial charge in [-0.25, -0.2) is 9.97 Å². The van der Waals surface area contributed by atoms with Crippen LogP contribution in [0.25, 0.3) is 21.9 Å². The predicted molar refractivity (Wildman–Crippen MR) is 198 cm³/mol. The summed E-state index contributed by atoms with van der Waals surface area (Å²) < 4.78 is 15.2. The van der Waals surface area contributed by atoms with Gasteiger partial charge in [0.2, 0.25) is 17.8 Å². The van der Waals surface area contributed by atoms with Crippen LogP contribution in [0.2, 0.25) is 5.02 Å². The highest BCUT2D eigenvalue weighted by atomic mass is 35.5. The van der Waals surface area contributed by atoms with Gasteiger partial charge in [-0.05, 0) is 44.5 Å². The van der Waals surface area contributed by atoms with E-state index in [0.29, 0.717) is 70.9 Å². The number of carbonyl (C=O) groups excluding carboxylic acids is 3. The number of aromatic nitrogens is 6. The number of aryl methyl sites for hydroxylation is 1. The Labute approximate surface area is 308 Å². The molecule has 7 rings (SSSR count). The molecule has 0 aliphatic carbocycles. The van der Waals surface area contributed by atoms with Crippen LogP contribution in [0, 0.1) is 0 Å². The Balaban J connectivity index is 1.03. The molecule has 0 saturated carbocycles. The van der Waals surface area contributed by atoms with Crippen LogP contribution in [0.3, 0.4) is 0 Å². The highest BCUT2D eigenvalue weighted by molar-refractivity contribution is 6.32. The van der Waals surface area contributed by atoms with Crippen molar-refractivity contribution in [1.82, 2.24) is 39.9 Å². The number of imide groups is 1. The van der Waals surface area contributed by atoms with Gasteiger partial charge >= 0.3 is 0 Å². The average molecular weight is 743 g/mol. The third-order valence-corrected chi connectivity index (χ3v) is 9.71. The molecule has 17 heteroatoms. The fourth-order valence-electron chi connectivity index (χ4n) is 6.72. The number of ether oxygens (including phenoxy) is 2. The fraction of sp³-hybridized carbons (Fsp3) is 0.389. The second-order valence-electron chi connectivity index (χ2n) is 13.4. The van der Waals surface area contributed by atoms with E-state index >= 15 is 0 Å². The fourth-order valence-corrected chi connectivity index (χ4v) is 6.86. The van der Waals surface area contributed by atoms with Crippen LogP contribution >= 0.6 is 11.6 Å². The zero-order valence-corrected chi connectivity index (χ0v) is 30.4. The number of likely N-dealkylation sites (N-methyl/N-ethyl adjacent to an activating group) is 1. The quantitative estimate of drug-likeness (QED) is 0.176. The number of benzene rings is 1. The van der Waals surface area contributed by atoms with Crippen LogP contribution in [0.15, 0.2) is 47.5 Å². The van der Waals surface area contributed by atoms with E-state index in [-0.39, 0.29) is 47.8 Å². The van der Waals surface area contributed by atoms with Crippen molar-refractivity contribution < 1.29 is 23.9 Å². The van der Waals surface area contributed by atoms with Crippen molar-refractivity contribution in [3.8, 4) is 11.5 Å². The smallest absolute Gasteiger partial charge is 0.294 e. The van der Waals surface area contributed by atoms with E-state index in [2.05, 4.69) is 35.9 Å². The van der Waals surface area contributed by atoms with Crippen molar-refractivity contribution in [1.29, 1.82) is 0 Å². The zero-order valence-electron chi connectivity index (χ0n) is 29.7. The summed E-state index contributed by atoms with van der Waals surface area (Å²) in [4.78, 5) is 65.0. The molecule has 0 spiro atoms. The summed E-state index contributed by atoms with van der Waals surface area (Å²) in [5, 5.41) is 14.6. The normalized spacial score (nSPS) is 16.6. The lowest BCUT2D eigenvalue weighted by molar-refractivity contribution is -0.134. The molecule has 4 aromatic heterocycles. The third kappa shape index (κ3) is 7.31. The van der Waals surface area contributed by atoms with Crippen LogP contribution in [0.4, 0.5) is 17.5 Å². The zero-order chi connectivity index (χ0) is 37.4. The highest BCUT2D eigenvalue weighted by Gasteiger charge is 2.32. The number of fused-ring (bicyclic) bond motifs is 2. The Hall–Kier alpha value is -5.77. The molecular weight excluding hydrogens is 704 g/mol. The van der Waals surface area contributed by atoms with Crippen molar-refractivity contribution in [2.24, 2.45) is 7.05 Å². The van der Waals surface area contributed by atoms with E-state index in [0.717, 1.165) is 23.7 Å². The summed E-state index contributed by atoms with van der Waals surface area (Å²) in [6.07, 6.45) is 5.31. The van der Waals surface area contributed by atoms with Gasteiger partial charge in [-0.15, -0.1) is 0 Å². The lowest BCUT2D eigenvalue weighted by Gasteiger charge is -2.32. The van der Waals surface area contributed by atoms with Gasteiger partial charge in [0.05, 0.1) is 35.2 Å². The van der Waals surface area contributed by atoms with Gasteiger partial charge < -0.3 is 25.0 Å². The molecular formula is C36H39ClN10O6. The second-order valence-corrected chi connectivity index (χ2v) is 13.8. The van der Waals surface area contributed by atoms with Crippen molar-refractivity contribution in [3.63, 3.8) is 0 Å². The van der Waals surface area contributed by atoms with Gasteiger partial charge in [-0.3, -0.25) is 33.7 Å². The average Bonchev–Trinajstić information content (AvgIpc) is 3.46. The molecule has 1 atom stereocenters. The largest absolute Gasteiger partial charge is 0.490 e. The molecule has 276 valence electrons. The van der Waals surface area contributed by atoms with Crippen LogP contribution in [-0.2, 0) is 21.4 Å². The first-order chi connectivity index (χ1) is 25.5. The summed E-state index contributed by atoms with van der Waals surface area (Å²) in [5.74, 6) is 0.268. The van der Waals surface area contributed by atoms with E-state index in [9.17, 15) is 19.2 Å². The maximum absolute atomic E-state index is 13.2. The van der Waals surface area contributed by atoms with Crippen molar-refractivity contribution in [2.75, 3.05) is 37.0 Å². The lowest BCUT2D eigenvalue weighted by Crippen LogP contribution is -2.39. The van der Waals surface area contributed by atoms with E-state index in [4.69, 9.17) is 26.1 Å². The molecule has 5 aromatic rings. The minimum Gasteiger partial charge on any atom is -0.490 e. The van der Waals surface area contributed by atoms with Gasteiger partial charge in [0, 0.05) is 69.3 Å². The summed E-state index contributed by atoms with van der Waals surface area (Å²) in [5.41, 5.74) is 2.19. The van der Waals surface area contributed by atoms with Gasteiger partial charge in [0.25, 0.3) is 11.5 Å². The molecule has 53 heavy (non-hydrogen) atoms. The molecule has 0 radical (unpaired) electrons. The van der Waals surface area contributed by atoms with Crippen LogP contribution in [-0.4, -0.2) is 79.9 Å². The molecule has 6 heterocycles. The van der Waals surface area contributed by atoms with Crippen molar-refractivity contribution in [3.05, 3.63) is 63.8 Å². The molecule has 3 amide bonds. The Morgan fingerprint density at radius 2 is 1.87 bits per heavy atom. The number of hydrogen-bond donors (Lipinski definition) is 3. The van der Waals surface area contributed by atoms with Crippen LogP contribution in [0.5, 0.6) is 11.5 Å². The highest BCUT2D eigenvalue weighted by Crippen LogP contribution is 2.33. The molecule has 2 aliphatic heterocycles. The number of carbonyl (C=O) groups is 3. The van der Waals surface area contributed by atoms with E-state index in [1.165, 1.54) is 11.6 Å². The summed E-state index contributed by atoms with van der Waals surface area (Å²) in [6.45, 7) is 4.76. The minimum absolute atomic E-state index is 0.0337. The number of piperidine rings is 2. The van der Waals surface area contributed by atoms with E-state index in [1.807, 2.05) is 45.2 Å². The van der Waals surface area contributed by atoms with Gasteiger partial charge in [-0.1, -0.05) is 11.6 Å². The number of rotatable bonds is 10. The molecule has 1 unspecified atom stereocenters. The predicted octanol–water partition coefficient (Wildman–Crippen LogP) is 3.74. The first kappa shape index (κ1) is 35.6. The topological polar surface area (TPSA) is 187 Å². The molecule has 2 fully saturated rings. The number of pyridine rings is 2. The standard InChI is InChI=1S/C36H39ClN10O6/c1-19(2)47-33-20(14-28(35(47)51)52-18-30(49)38-3)13-21(16-39-33)41-32-26(37)17-40-36(43-32)46-11-9-22(10-12-46)53-23-5-6-24-27(15-23)45(4)44-31(24)25-7-8-29(48)42-34(25)50/h5-6,13-17,19,22,25H,7-12,18H2,1-4H3,(H,38,49)(H,40,41,43)(H,42,48,50). The Kier molecular flexibility index (Phi) is 9.88. The van der Waals surface area contributed by atoms with E-state index in [1.54, 1.807) is 23.1 Å². The van der Waals surface area contributed by atoms with Crippen molar-refractivity contribution in [2.45, 2.75) is 57.6 Å². The molecule has 2 saturated heterocycles. The molecule has 16 nitrogen and oxygen atoms in total. The van der Waals surface area contributed by atoms with Gasteiger partial charge in [0.15, 0.2) is 18.2 Å². The first-order valence-electron chi connectivity index (χ1n) is 17.4. The molecule has 3 N–H and O–H groups in total. The van der Waals surface area contributed by atoms with E-state index < -0.39 is 5.92 Å². The molecule has 2 aliphatic rings. The maximum atomic E-state index is 13.2. The number of hydrogen-bond acceptors (Lipinski definition) is 12. The van der Waals surface area contributed by atoms with Crippen LogP contribution in [0.1, 0.15) is 57.2 Å². The van der Waals surface area contributed by atoms with Crippen LogP contribution < -0.4 is 35.9 Å². The lowest BCUT2D eigenvalue weighted by atomic mass is 9.93. The summed E-state index contributed by atoms with van der Waals surface area (Å²) in [6, 6.07) is 8.94. The maximum Gasteiger partial charge on any atom is 0.294 e. The number of halogens is 1.